The normalized spacial score (nSPS) is 17.5. The van der Waals surface area contributed by atoms with Gasteiger partial charge in [0.15, 0.2) is 0 Å². The quantitative estimate of drug-likeness (QED) is 0.691. The number of hydrogen-bond acceptors (Lipinski definition) is 1. The number of pyridine rings is 1. The van der Waals surface area contributed by atoms with Crippen LogP contribution in [0.5, 0.6) is 0 Å². The van der Waals surface area contributed by atoms with Gasteiger partial charge in [-0.1, -0.05) is 37.5 Å². The highest BCUT2D eigenvalue weighted by Gasteiger charge is 2.17. The molecule has 0 amide bonds. The highest BCUT2D eigenvalue weighted by Crippen LogP contribution is 2.33. The molecule has 0 aliphatic heterocycles. The van der Waals surface area contributed by atoms with Gasteiger partial charge in [-0.3, -0.25) is 4.98 Å². The molecule has 1 heteroatoms. The third-order valence-corrected chi connectivity index (χ3v) is 3.97. The van der Waals surface area contributed by atoms with E-state index in [0.717, 1.165) is 5.52 Å². The van der Waals surface area contributed by atoms with Crippen LogP contribution >= 0.6 is 0 Å². The number of nitrogens with zero attached hydrogens (tertiary/aromatic N) is 1. The third kappa shape index (κ3) is 2.06. The molecule has 1 aromatic carbocycles. The van der Waals surface area contributed by atoms with Gasteiger partial charge in [-0.15, -0.1) is 0 Å². The molecule has 1 aliphatic carbocycles. The van der Waals surface area contributed by atoms with Gasteiger partial charge < -0.3 is 0 Å². The Morgan fingerprint density at radius 1 is 1.06 bits per heavy atom. The first-order chi connectivity index (χ1) is 8.34. The molecule has 2 aromatic rings. The summed E-state index contributed by atoms with van der Waals surface area (Å²) in [6, 6.07) is 10.8. The van der Waals surface area contributed by atoms with Gasteiger partial charge in [-0.05, 0) is 37.5 Å². The van der Waals surface area contributed by atoms with Gasteiger partial charge in [0, 0.05) is 17.0 Å². The molecule has 1 heterocycles. The van der Waals surface area contributed by atoms with Crippen molar-refractivity contribution in [1.82, 2.24) is 4.98 Å². The zero-order chi connectivity index (χ0) is 11.7. The Bertz CT molecular complexity index is 524. The number of hydrogen-bond donors (Lipinski definition) is 0. The Labute approximate surface area is 103 Å². The highest BCUT2D eigenvalue weighted by atomic mass is 14.7. The lowest BCUT2D eigenvalue weighted by atomic mass is 9.86. The van der Waals surface area contributed by atoms with Gasteiger partial charge in [0.25, 0.3) is 0 Å². The van der Waals surface area contributed by atoms with Crippen LogP contribution in [-0.2, 0) is 0 Å². The van der Waals surface area contributed by atoms with Crippen LogP contribution in [0.2, 0.25) is 0 Å². The smallest absolute Gasteiger partial charge is 0.0708 e. The fourth-order valence-corrected chi connectivity index (χ4v) is 2.98. The molecule has 0 saturated heterocycles. The Kier molecular flexibility index (Phi) is 2.84. The Morgan fingerprint density at radius 2 is 1.82 bits per heavy atom. The second kappa shape index (κ2) is 4.48. The van der Waals surface area contributed by atoms with E-state index in [9.17, 15) is 0 Å². The van der Waals surface area contributed by atoms with E-state index >= 15 is 0 Å². The SMILES string of the molecule is Cc1cc(C2CCCCC2)nc2ccccc12. The predicted octanol–water partition coefficient (Wildman–Crippen LogP) is 4.59. The van der Waals surface area contributed by atoms with E-state index in [-0.39, 0.29) is 0 Å². The lowest BCUT2D eigenvalue weighted by molar-refractivity contribution is 0.437. The number of aromatic nitrogens is 1. The minimum absolute atomic E-state index is 0.701. The number of benzene rings is 1. The standard InChI is InChI=1S/C16H19N/c1-12-11-16(13-7-3-2-4-8-13)17-15-10-6-5-9-14(12)15/h5-6,9-11,13H,2-4,7-8H2,1H3. The Balaban J connectivity index is 2.05. The van der Waals surface area contributed by atoms with Crippen LogP contribution in [0.15, 0.2) is 30.3 Å². The van der Waals surface area contributed by atoms with Crippen molar-refractivity contribution in [2.45, 2.75) is 44.9 Å². The van der Waals surface area contributed by atoms with Gasteiger partial charge in [-0.25, -0.2) is 0 Å². The first kappa shape index (κ1) is 10.8. The molecule has 0 atom stereocenters. The molecule has 1 nitrogen and oxygen atoms in total. The molecule has 0 spiro atoms. The summed E-state index contributed by atoms with van der Waals surface area (Å²) in [5.41, 5.74) is 3.85. The highest BCUT2D eigenvalue weighted by molar-refractivity contribution is 5.82. The third-order valence-electron chi connectivity index (χ3n) is 3.97. The fourth-order valence-electron chi connectivity index (χ4n) is 2.98. The van der Waals surface area contributed by atoms with Gasteiger partial charge in [-0.2, -0.15) is 0 Å². The lowest BCUT2D eigenvalue weighted by Crippen LogP contribution is -2.07. The number of fused-ring (bicyclic) bond motifs is 1. The number of aryl methyl sites for hydroxylation is 1. The van der Waals surface area contributed by atoms with Crippen LogP contribution in [0.25, 0.3) is 10.9 Å². The molecular formula is C16H19N. The topological polar surface area (TPSA) is 12.9 Å². The lowest BCUT2D eigenvalue weighted by Gasteiger charge is -2.21. The van der Waals surface area contributed by atoms with Crippen LogP contribution in [-0.4, -0.2) is 4.98 Å². The van der Waals surface area contributed by atoms with Crippen molar-refractivity contribution < 1.29 is 0 Å². The van der Waals surface area contributed by atoms with Crippen LogP contribution in [0.1, 0.15) is 49.3 Å². The summed E-state index contributed by atoms with van der Waals surface area (Å²) in [6.07, 6.45) is 6.80. The van der Waals surface area contributed by atoms with Crippen molar-refractivity contribution in [2.75, 3.05) is 0 Å². The molecular weight excluding hydrogens is 206 g/mol. The minimum atomic E-state index is 0.701. The van der Waals surface area contributed by atoms with E-state index in [4.69, 9.17) is 4.98 Å². The van der Waals surface area contributed by atoms with Crippen molar-refractivity contribution in [2.24, 2.45) is 0 Å². The Hall–Kier alpha value is -1.37. The average molecular weight is 225 g/mol. The van der Waals surface area contributed by atoms with Crippen molar-refractivity contribution in [3.05, 3.63) is 41.6 Å². The van der Waals surface area contributed by atoms with Crippen molar-refractivity contribution in [1.29, 1.82) is 0 Å². The number of para-hydroxylation sites is 1. The largest absolute Gasteiger partial charge is 0.253 e. The van der Waals surface area contributed by atoms with Crippen LogP contribution < -0.4 is 0 Å². The summed E-state index contributed by atoms with van der Waals surface area (Å²) in [5.74, 6) is 0.701. The molecule has 1 saturated carbocycles. The predicted molar refractivity (Wildman–Crippen MR) is 72.3 cm³/mol. The average Bonchev–Trinajstić information content (AvgIpc) is 2.40. The summed E-state index contributed by atoms with van der Waals surface area (Å²) in [5, 5.41) is 1.30. The van der Waals surface area contributed by atoms with E-state index < -0.39 is 0 Å². The molecule has 1 aromatic heterocycles. The zero-order valence-electron chi connectivity index (χ0n) is 10.4. The summed E-state index contributed by atoms with van der Waals surface area (Å²) in [4.78, 5) is 4.86. The Morgan fingerprint density at radius 3 is 2.65 bits per heavy atom. The van der Waals surface area contributed by atoms with Crippen LogP contribution in [0, 0.1) is 6.92 Å². The van der Waals surface area contributed by atoms with E-state index in [1.54, 1.807) is 0 Å². The van der Waals surface area contributed by atoms with Crippen LogP contribution in [0.3, 0.4) is 0 Å². The van der Waals surface area contributed by atoms with E-state index in [1.165, 1.54) is 48.7 Å². The molecule has 0 radical (unpaired) electrons. The van der Waals surface area contributed by atoms with Gasteiger partial charge in [0.1, 0.15) is 0 Å². The van der Waals surface area contributed by atoms with Gasteiger partial charge >= 0.3 is 0 Å². The second-order valence-electron chi connectivity index (χ2n) is 5.22. The molecule has 0 unspecified atom stereocenters. The van der Waals surface area contributed by atoms with E-state index in [1.807, 2.05) is 0 Å². The second-order valence-corrected chi connectivity index (χ2v) is 5.22. The van der Waals surface area contributed by atoms with Crippen molar-refractivity contribution in [3.63, 3.8) is 0 Å². The molecule has 0 N–H and O–H groups in total. The maximum absolute atomic E-state index is 4.86. The summed E-state index contributed by atoms with van der Waals surface area (Å²) >= 11 is 0. The monoisotopic (exact) mass is 225 g/mol. The molecule has 1 aliphatic rings. The zero-order valence-corrected chi connectivity index (χ0v) is 10.4. The maximum Gasteiger partial charge on any atom is 0.0708 e. The number of rotatable bonds is 1. The van der Waals surface area contributed by atoms with Crippen molar-refractivity contribution >= 4 is 10.9 Å². The minimum Gasteiger partial charge on any atom is -0.253 e. The van der Waals surface area contributed by atoms with Crippen molar-refractivity contribution in [3.8, 4) is 0 Å². The van der Waals surface area contributed by atoms with Gasteiger partial charge in [0.2, 0.25) is 0 Å². The molecule has 0 bridgehead atoms. The molecule has 3 rings (SSSR count). The summed E-state index contributed by atoms with van der Waals surface area (Å²) < 4.78 is 0. The van der Waals surface area contributed by atoms with E-state index in [2.05, 4.69) is 37.3 Å². The first-order valence-corrected chi connectivity index (χ1v) is 6.71. The molecule has 1 fully saturated rings. The molecule has 88 valence electrons. The van der Waals surface area contributed by atoms with Gasteiger partial charge in [0.05, 0.1) is 5.52 Å². The molecule has 17 heavy (non-hydrogen) atoms. The maximum atomic E-state index is 4.86. The summed E-state index contributed by atoms with van der Waals surface area (Å²) in [6.45, 7) is 2.20. The first-order valence-electron chi connectivity index (χ1n) is 6.71. The fraction of sp³-hybridized carbons (Fsp3) is 0.438. The van der Waals surface area contributed by atoms with E-state index in [0.29, 0.717) is 5.92 Å². The summed E-state index contributed by atoms with van der Waals surface area (Å²) in [7, 11) is 0. The van der Waals surface area contributed by atoms with Crippen LogP contribution in [0.4, 0.5) is 0 Å².